The van der Waals surface area contributed by atoms with E-state index in [1.165, 1.54) is 0 Å². The second-order valence-electron chi connectivity index (χ2n) is 2.15. The highest BCUT2D eigenvalue weighted by Crippen LogP contribution is 2.19. The molecule has 0 atom stereocenters. The zero-order valence-corrected chi connectivity index (χ0v) is 5.32. The Morgan fingerprint density at radius 1 is 1.60 bits per heavy atom. The number of hydrogen-bond donors (Lipinski definition) is 0. The molecule has 3 heteroatoms. The number of fused-ring (bicyclic) bond motifs is 1. The van der Waals surface area contributed by atoms with Gasteiger partial charge < -0.3 is 0 Å². The lowest BCUT2D eigenvalue weighted by Gasteiger charge is -2.13. The summed E-state index contributed by atoms with van der Waals surface area (Å²) in [4.78, 5) is 16.5. The Morgan fingerprint density at radius 2 is 2.50 bits per heavy atom. The molecule has 0 saturated heterocycles. The Balaban J connectivity index is 2.39. The van der Waals surface area contributed by atoms with Gasteiger partial charge in [-0.15, -0.1) is 0 Å². The van der Waals surface area contributed by atoms with Gasteiger partial charge in [0.2, 0.25) is 5.91 Å². The van der Waals surface area contributed by atoms with Crippen molar-refractivity contribution in [2.45, 2.75) is 6.42 Å². The van der Waals surface area contributed by atoms with Crippen molar-refractivity contribution in [3.05, 3.63) is 24.2 Å². The maximum atomic E-state index is 11.0. The summed E-state index contributed by atoms with van der Waals surface area (Å²) < 4.78 is 0. The summed E-state index contributed by atoms with van der Waals surface area (Å²) in [5, 5.41) is 0. The monoisotopic (exact) mass is 134 g/mol. The second-order valence-corrected chi connectivity index (χ2v) is 2.15. The number of hydrogen-bond acceptors (Lipinski definition) is 2. The number of carbonyl (C=O) groups is 1. The summed E-state index contributed by atoms with van der Waals surface area (Å²) in [5.74, 6) is 0.857. The molecule has 0 aromatic carbocycles. The third-order valence-electron chi connectivity index (χ3n) is 1.50. The second kappa shape index (κ2) is 1.80. The van der Waals surface area contributed by atoms with E-state index in [0.717, 1.165) is 5.82 Å². The number of aliphatic imine (C=N–C) groups is 1. The predicted molar refractivity (Wildman–Crippen MR) is 37.2 cm³/mol. The van der Waals surface area contributed by atoms with Crippen molar-refractivity contribution in [3.8, 4) is 0 Å². The van der Waals surface area contributed by atoms with Crippen LogP contribution < -0.4 is 0 Å². The van der Waals surface area contributed by atoms with E-state index in [4.69, 9.17) is 0 Å². The molecule has 0 spiro atoms. The Labute approximate surface area is 58.4 Å². The van der Waals surface area contributed by atoms with Gasteiger partial charge in [-0.05, 0) is 12.2 Å². The molecular weight excluding hydrogens is 128 g/mol. The van der Waals surface area contributed by atoms with E-state index in [2.05, 4.69) is 4.99 Å². The van der Waals surface area contributed by atoms with Crippen LogP contribution in [0.4, 0.5) is 0 Å². The first kappa shape index (κ1) is 5.41. The van der Waals surface area contributed by atoms with Crippen LogP contribution in [0.3, 0.4) is 0 Å². The normalized spacial score (nSPS) is 21.4. The van der Waals surface area contributed by atoms with Crippen LogP contribution in [0.15, 0.2) is 29.2 Å². The van der Waals surface area contributed by atoms with Gasteiger partial charge in [-0.2, -0.15) is 0 Å². The van der Waals surface area contributed by atoms with Crippen molar-refractivity contribution >= 4 is 12.1 Å². The first-order chi connectivity index (χ1) is 4.88. The topological polar surface area (TPSA) is 32.7 Å². The SMILES string of the molecule is O=C1CC=C2N=CC=CN12. The third kappa shape index (κ3) is 0.603. The minimum Gasteiger partial charge on any atom is -0.274 e. The molecule has 0 radical (unpaired) electrons. The molecule has 0 bridgehead atoms. The van der Waals surface area contributed by atoms with Crippen LogP contribution in [0.2, 0.25) is 0 Å². The van der Waals surface area contributed by atoms with E-state index < -0.39 is 0 Å². The summed E-state index contributed by atoms with van der Waals surface area (Å²) in [5.41, 5.74) is 0. The van der Waals surface area contributed by atoms with E-state index in [1.807, 2.05) is 6.08 Å². The maximum absolute atomic E-state index is 11.0. The van der Waals surface area contributed by atoms with Gasteiger partial charge in [0.1, 0.15) is 5.82 Å². The summed E-state index contributed by atoms with van der Waals surface area (Å²) in [6.07, 6.45) is 7.47. The Bertz CT molecular complexity index is 263. The smallest absolute Gasteiger partial charge is 0.236 e. The number of carbonyl (C=O) groups excluding carboxylic acids is 1. The molecule has 0 aliphatic carbocycles. The van der Waals surface area contributed by atoms with E-state index in [0.29, 0.717) is 6.42 Å². The van der Waals surface area contributed by atoms with Crippen molar-refractivity contribution in [2.24, 2.45) is 4.99 Å². The molecule has 2 rings (SSSR count). The highest BCUT2D eigenvalue weighted by molar-refractivity contribution is 5.87. The average Bonchev–Trinajstić information content (AvgIpc) is 2.34. The Hall–Kier alpha value is -1.38. The highest BCUT2D eigenvalue weighted by atomic mass is 16.2. The molecule has 2 aliphatic rings. The van der Waals surface area contributed by atoms with Crippen LogP contribution in [-0.4, -0.2) is 17.0 Å². The fourth-order valence-corrected chi connectivity index (χ4v) is 1.02. The molecular formula is C7H6N2O. The lowest BCUT2D eigenvalue weighted by Crippen LogP contribution is -2.19. The number of nitrogens with zero attached hydrogens (tertiary/aromatic N) is 2. The van der Waals surface area contributed by atoms with Gasteiger partial charge in [0.25, 0.3) is 0 Å². The maximum Gasteiger partial charge on any atom is 0.236 e. The van der Waals surface area contributed by atoms with E-state index in [-0.39, 0.29) is 5.91 Å². The lowest BCUT2D eigenvalue weighted by molar-refractivity contribution is -0.125. The van der Waals surface area contributed by atoms with Crippen LogP contribution in [0, 0.1) is 0 Å². The minimum atomic E-state index is 0.100. The van der Waals surface area contributed by atoms with Crippen LogP contribution in [0.25, 0.3) is 0 Å². The number of rotatable bonds is 0. The molecule has 10 heavy (non-hydrogen) atoms. The molecule has 1 amide bonds. The molecule has 2 heterocycles. The molecule has 2 aliphatic heterocycles. The number of allylic oxidation sites excluding steroid dienone is 1. The molecule has 3 nitrogen and oxygen atoms in total. The van der Waals surface area contributed by atoms with Gasteiger partial charge in [-0.3, -0.25) is 9.69 Å². The molecule has 0 aromatic heterocycles. The third-order valence-corrected chi connectivity index (χ3v) is 1.50. The highest BCUT2D eigenvalue weighted by Gasteiger charge is 2.21. The van der Waals surface area contributed by atoms with Crippen molar-refractivity contribution in [1.82, 2.24) is 4.90 Å². The fourth-order valence-electron chi connectivity index (χ4n) is 1.02. The van der Waals surface area contributed by atoms with Crippen LogP contribution in [-0.2, 0) is 4.79 Å². The van der Waals surface area contributed by atoms with Crippen molar-refractivity contribution in [3.63, 3.8) is 0 Å². The van der Waals surface area contributed by atoms with E-state index in [1.54, 1.807) is 23.4 Å². The van der Waals surface area contributed by atoms with Gasteiger partial charge in [0.05, 0.1) is 0 Å². The Morgan fingerprint density at radius 3 is 3.30 bits per heavy atom. The Kier molecular flexibility index (Phi) is 0.974. The van der Waals surface area contributed by atoms with Crippen molar-refractivity contribution in [2.75, 3.05) is 0 Å². The van der Waals surface area contributed by atoms with Gasteiger partial charge in [0, 0.05) is 18.8 Å². The first-order valence-corrected chi connectivity index (χ1v) is 3.11. The molecule has 0 saturated carbocycles. The molecule has 0 N–H and O–H groups in total. The molecule has 0 fully saturated rings. The molecule has 0 unspecified atom stereocenters. The lowest BCUT2D eigenvalue weighted by atomic mass is 10.4. The van der Waals surface area contributed by atoms with Gasteiger partial charge in [0.15, 0.2) is 0 Å². The first-order valence-electron chi connectivity index (χ1n) is 3.11. The van der Waals surface area contributed by atoms with E-state index >= 15 is 0 Å². The van der Waals surface area contributed by atoms with Crippen molar-refractivity contribution < 1.29 is 4.79 Å². The summed E-state index contributed by atoms with van der Waals surface area (Å²) in [7, 11) is 0. The zero-order chi connectivity index (χ0) is 6.97. The largest absolute Gasteiger partial charge is 0.274 e. The minimum absolute atomic E-state index is 0.100. The van der Waals surface area contributed by atoms with Gasteiger partial charge in [-0.25, -0.2) is 4.99 Å². The predicted octanol–water partition coefficient (Wildman–Crippen LogP) is 0.658. The zero-order valence-electron chi connectivity index (χ0n) is 5.32. The average molecular weight is 134 g/mol. The van der Waals surface area contributed by atoms with Crippen molar-refractivity contribution in [1.29, 1.82) is 0 Å². The number of amides is 1. The summed E-state index contributed by atoms with van der Waals surface area (Å²) >= 11 is 0. The quantitative estimate of drug-likeness (QED) is 0.479. The summed E-state index contributed by atoms with van der Waals surface area (Å²) in [6, 6.07) is 0. The van der Waals surface area contributed by atoms with Crippen LogP contribution in [0.1, 0.15) is 6.42 Å². The molecule has 0 aromatic rings. The summed E-state index contributed by atoms with van der Waals surface area (Å²) in [6.45, 7) is 0. The standard InChI is InChI=1S/C7H6N2O/c10-7-3-2-6-8-4-1-5-9(6)7/h1-2,4-5H,3H2. The van der Waals surface area contributed by atoms with E-state index in [9.17, 15) is 4.79 Å². The van der Waals surface area contributed by atoms with Crippen LogP contribution in [0.5, 0.6) is 0 Å². The van der Waals surface area contributed by atoms with Gasteiger partial charge >= 0.3 is 0 Å². The molecule has 50 valence electrons. The fraction of sp³-hybridized carbons (Fsp3) is 0.143. The van der Waals surface area contributed by atoms with Gasteiger partial charge in [-0.1, -0.05) is 0 Å². The van der Waals surface area contributed by atoms with Crippen LogP contribution >= 0.6 is 0 Å².